The van der Waals surface area contributed by atoms with Gasteiger partial charge in [0.2, 0.25) is 0 Å². The minimum atomic E-state index is -0.554. The number of amides is 1. The second-order valence-corrected chi connectivity index (χ2v) is 5.35. The maximum Gasteiger partial charge on any atom is 0.339 e. The molecule has 0 aliphatic carbocycles. The van der Waals surface area contributed by atoms with Gasteiger partial charge < -0.3 is 14.8 Å². The van der Waals surface area contributed by atoms with Crippen molar-refractivity contribution >= 4 is 28.3 Å². The fourth-order valence-corrected chi connectivity index (χ4v) is 2.55. The van der Waals surface area contributed by atoms with Crippen molar-refractivity contribution in [1.82, 2.24) is 0 Å². The first kappa shape index (κ1) is 16.5. The maximum atomic E-state index is 12.4. The molecule has 3 rings (SSSR count). The maximum absolute atomic E-state index is 12.4. The summed E-state index contributed by atoms with van der Waals surface area (Å²) in [6.45, 7) is -0.353. The number of esters is 1. The van der Waals surface area contributed by atoms with Gasteiger partial charge in [-0.05, 0) is 29.7 Å². The third-order valence-corrected chi connectivity index (χ3v) is 3.72. The van der Waals surface area contributed by atoms with Crippen LogP contribution in [0.2, 0.25) is 0 Å². The van der Waals surface area contributed by atoms with Crippen LogP contribution in [0.15, 0.2) is 66.7 Å². The molecule has 1 N–H and O–H groups in total. The van der Waals surface area contributed by atoms with Gasteiger partial charge in [0.25, 0.3) is 5.91 Å². The van der Waals surface area contributed by atoms with E-state index in [9.17, 15) is 9.59 Å². The molecule has 3 aromatic rings. The number of hydrogen-bond donors (Lipinski definition) is 1. The molecule has 0 unspecified atom stereocenters. The van der Waals surface area contributed by atoms with Crippen molar-refractivity contribution in [1.29, 1.82) is 0 Å². The SMILES string of the molecule is COc1ccc(C(=O)OCC(=O)Nc2ccccc2)c2ccccc12. The molecule has 126 valence electrons. The van der Waals surface area contributed by atoms with Crippen molar-refractivity contribution in [2.45, 2.75) is 0 Å². The van der Waals surface area contributed by atoms with Crippen LogP contribution in [0.5, 0.6) is 5.75 Å². The Morgan fingerprint density at radius 3 is 2.28 bits per heavy atom. The van der Waals surface area contributed by atoms with E-state index in [1.54, 1.807) is 31.4 Å². The quantitative estimate of drug-likeness (QED) is 0.723. The smallest absolute Gasteiger partial charge is 0.339 e. The normalized spacial score (nSPS) is 10.3. The summed E-state index contributed by atoms with van der Waals surface area (Å²) in [6, 6.07) is 19.7. The average Bonchev–Trinajstić information content (AvgIpc) is 2.66. The second kappa shape index (κ2) is 7.49. The molecular formula is C20H17NO4. The Balaban J connectivity index is 1.71. The number of hydrogen-bond acceptors (Lipinski definition) is 4. The van der Waals surface area contributed by atoms with Crippen LogP contribution < -0.4 is 10.1 Å². The van der Waals surface area contributed by atoms with Gasteiger partial charge in [-0.2, -0.15) is 0 Å². The number of ether oxygens (including phenoxy) is 2. The zero-order valence-electron chi connectivity index (χ0n) is 13.7. The summed E-state index contributed by atoms with van der Waals surface area (Å²) in [5.41, 5.74) is 1.04. The molecule has 0 bridgehead atoms. The van der Waals surface area contributed by atoms with E-state index in [2.05, 4.69) is 5.32 Å². The van der Waals surface area contributed by atoms with Crippen LogP contribution in [0.25, 0.3) is 10.8 Å². The third kappa shape index (κ3) is 3.77. The molecule has 0 saturated carbocycles. The van der Waals surface area contributed by atoms with Gasteiger partial charge in [-0.15, -0.1) is 0 Å². The molecule has 1 amide bonds. The van der Waals surface area contributed by atoms with E-state index in [1.165, 1.54) is 0 Å². The Morgan fingerprint density at radius 2 is 1.56 bits per heavy atom. The lowest BCUT2D eigenvalue weighted by atomic mass is 10.0. The first-order chi connectivity index (χ1) is 12.2. The molecule has 0 spiro atoms. The lowest BCUT2D eigenvalue weighted by molar-refractivity contribution is -0.119. The Labute approximate surface area is 145 Å². The van der Waals surface area contributed by atoms with Crippen molar-refractivity contribution in [3.63, 3.8) is 0 Å². The highest BCUT2D eigenvalue weighted by atomic mass is 16.5. The standard InChI is InChI=1S/C20H17NO4/c1-24-18-12-11-17(15-9-5-6-10-16(15)18)20(23)25-13-19(22)21-14-7-3-2-4-8-14/h2-12H,13H2,1H3,(H,21,22). The fraction of sp³-hybridized carbons (Fsp3) is 0.100. The monoisotopic (exact) mass is 335 g/mol. The second-order valence-electron chi connectivity index (χ2n) is 5.35. The van der Waals surface area contributed by atoms with Gasteiger partial charge in [-0.25, -0.2) is 4.79 Å². The highest BCUT2D eigenvalue weighted by molar-refractivity contribution is 6.07. The number of nitrogens with one attached hydrogen (secondary N) is 1. The summed E-state index contributed by atoms with van der Waals surface area (Å²) in [6.07, 6.45) is 0. The predicted octanol–water partition coefficient (Wildman–Crippen LogP) is 3.64. The zero-order chi connectivity index (χ0) is 17.6. The van der Waals surface area contributed by atoms with E-state index < -0.39 is 11.9 Å². The van der Waals surface area contributed by atoms with Gasteiger partial charge in [0.1, 0.15) is 5.75 Å². The molecule has 5 nitrogen and oxygen atoms in total. The molecule has 3 aromatic carbocycles. The van der Waals surface area contributed by atoms with E-state index >= 15 is 0 Å². The molecule has 0 aliphatic rings. The van der Waals surface area contributed by atoms with Crippen LogP contribution in [0.1, 0.15) is 10.4 Å². The molecule has 0 heterocycles. The van der Waals surface area contributed by atoms with Crippen molar-refractivity contribution in [2.24, 2.45) is 0 Å². The largest absolute Gasteiger partial charge is 0.496 e. The number of carbonyl (C=O) groups excluding carboxylic acids is 2. The third-order valence-electron chi connectivity index (χ3n) is 3.72. The van der Waals surface area contributed by atoms with Crippen LogP contribution in [-0.4, -0.2) is 25.6 Å². The van der Waals surface area contributed by atoms with Crippen molar-refractivity contribution in [2.75, 3.05) is 19.0 Å². The van der Waals surface area contributed by atoms with Crippen molar-refractivity contribution in [3.05, 3.63) is 72.3 Å². The highest BCUT2D eigenvalue weighted by Crippen LogP contribution is 2.28. The average molecular weight is 335 g/mol. The van der Waals surface area contributed by atoms with Crippen LogP contribution in [0, 0.1) is 0 Å². The lowest BCUT2D eigenvalue weighted by Crippen LogP contribution is -2.21. The van der Waals surface area contributed by atoms with Gasteiger partial charge >= 0.3 is 5.97 Å². The summed E-state index contributed by atoms with van der Waals surface area (Å²) < 4.78 is 10.5. The minimum absolute atomic E-state index is 0.353. The minimum Gasteiger partial charge on any atom is -0.496 e. The van der Waals surface area contributed by atoms with E-state index in [0.29, 0.717) is 17.0 Å². The number of para-hydroxylation sites is 1. The first-order valence-electron chi connectivity index (χ1n) is 7.77. The topological polar surface area (TPSA) is 64.6 Å². The predicted molar refractivity (Wildman–Crippen MR) is 95.9 cm³/mol. The molecule has 0 saturated heterocycles. The number of fused-ring (bicyclic) bond motifs is 1. The van der Waals surface area contributed by atoms with E-state index in [4.69, 9.17) is 9.47 Å². The molecule has 0 atom stereocenters. The molecule has 0 aromatic heterocycles. The molecule has 0 radical (unpaired) electrons. The van der Waals surface area contributed by atoms with Gasteiger partial charge in [0.05, 0.1) is 12.7 Å². The van der Waals surface area contributed by atoms with Gasteiger partial charge in [-0.1, -0.05) is 42.5 Å². The zero-order valence-corrected chi connectivity index (χ0v) is 13.7. The molecular weight excluding hydrogens is 318 g/mol. The Morgan fingerprint density at radius 1 is 0.880 bits per heavy atom. The number of carbonyl (C=O) groups is 2. The van der Waals surface area contributed by atoms with Gasteiger partial charge in [-0.3, -0.25) is 4.79 Å². The lowest BCUT2D eigenvalue weighted by Gasteiger charge is -2.10. The molecule has 5 heteroatoms. The van der Waals surface area contributed by atoms with Gasteiger partial charge in [0.15, 0.2) is 6.61 Å². The van der Waals surface area contributed by atoms with Crippen LogP contribution >= 0.6 is 0 Å². The molecule has 25 heavy (non-hydrogen) atoms. The van der Waals surface area contributed by atoms with Crippen molar-refractivity contribution in [3.8, 4) is 5.75 Å². The summed E-state index contributed by atoms with van der Waals surface area (Å²) in [7, 11) is 1.58. The fourth-order valence-electron chi connectivity index (χ4n) is 2.55. The van der Waals surface area contributed by atoms with E-state index in [-0.39, 0.29) is 6.61 Å². The highest BCUT2D eigenvalue weighted by Gasteiger charge is 2.15. The summed E-state index contributed by atoms with van der Waals surface area (Å²) >= 11 is 0. The molecule has 0 fully saturated rings. The summed E-state index contributed by atoms with van der Waals surface area (Å²) in [4.78, 5) is 24.3. The van der Waals surface area contributed by atoms with E-state index in [1.807, 2.05) is 42.5 Å². The van der Waals surface area contributed by atoms with Crippen LogP contribution in [0.3, 0.4) is 0 Å². The number of methoxy groups -OCH3 is 1. The Bertz CT molecular complexity index is 906. The molecule has 0 aliphatic heterocycles. The van der Waals surface area contributed by atoms with Gasteiger partial charge in [0, 0.05) is 11.1 Å². The van der Waals surface area contributed by atoms with Crippen molar-refractivity contribution < 1.29 is 19.1 Å². The first-order valence-corrected chi connectivity index (χ1v) is 7.77. The summed E-state index contributed by atoms with van der Waals surface area (Å²) in [5, 5.41) is 4.20. The summed E-state index contributed by atoms with van der Waals surface area (Å²) in [5.74, 6) is -0.270. The van der Waals surface area contributed by atoms with Crippen LogP contribution in [-0.2, 0) is 9.53 Å². The van der Waals surface area contributed by atoms with Crippen LogP contribution in [0.4, 0.5) is 5.69 Å². The number of benzene rings is 3. The Hall–Kier alpha value is -3.34. The Kier molecular flexibility index (Phi) is 4.95. The van der Waals surface area contributed by atoms with E-state index in [0.717, 1.165) is 10.8 Å². The number of rotatable bonds is 5. The number of anilines is 1.